The molecule has 1 unspecified atom stereocenters. The van der Waals surface area contributed by atoms with Crippen molar-refractivity contribution in [2.45, 2.75) is 5.92 Å². The van der Waals surface area contributed by atoms with Crippen LogP contribution >= 0.6 is 15.9 Å². The molecule has 0 aromatic heterocycles. The first-order valence-corrected chi connectivity index (χ1v) is 5.95. The van der Waals surface area contributed by atoms with Gasteiger partial charge in [0.05, 0.1) is 10.4 Å². The molecular formula is C11H12BrNO4. The molecule has 1 atom stereocenters. The SMILES string of the molecule is NCC(C(=O)O)c1ccc2c(c1Br)OCCO2. The smallest absolute Gasteiger partial charge is 0.312 e. The van der Waals surface area contributed by atoms with Crippen LogP contribution in [0, 0.1) is 0 Å². The van der Waals surface area contributed by atoms with Gasteiger partial charge in [-0.25, -0.2) is 0 Å². The van der Waals surface area contributed by atoms with Gasteiger partial charge in [-0.05, 0) is 27.6 Å². The van der Waals surface area contributed by atoms with Crippen LogP contribution in [-0.4, -0.2) is 30.8 Å². The van der Waals surface area contributed by atoms with Crippen molar-refractivity contribution >= 4 is 21.9 Å². The molecule has 92 valence electrons. The first kappa shape index (κ1) is 12.2. The Morgan fingerprint density at radius 3 is 2.82 bits per heavy atom. The number of ether oxygens (including phenoxy) is 2. The molecular weight excluding hydrogens is 290 g/mol. The maximum atomic E-state index is 11.1. The van der Waals surface area contributed by atoms with Gasteiger partial charge in [0.15, 0.2) is 11.5 Å². The van der Waals surface area contributed by atoms with Crippen molar-refractivity contribution in [3.63, 3.8) is 0 Å². The van der Waals surface area contributed by atoms with Crippen molar-refractivity contribution in [1.82, 2.24) is 0 Å². The van der Waals surface area contributed by atoms with Crippen LogP contribution in [-0.2, 0) is 4.79 Å². The highest BCUT2D eigenvalue weighted by atomic mass is 79.9. The van der Waals surface area contributed by atoms with E-state index in [0.29, 0.717) is 34.7 Å². The molecule has 0 saturated heterocycles. The zero-order chi connectivity index (χ0) is 12.4. The Morgan fingerprint density at radius 1 is 1.47 bits per heavy atom. The van der Waals surface area contributed by atoms with Crippen LogP contribution in [0.15, 0.2) is 16.6 Å². The Kier molecular flexibility index (Phi) is 3.54. The van der Waals surface area contributed by atoms with Crippen molar-refractivity contribution in [3.8, 4) is 11.5 Å². The molecule has 1 aromatic carbocycles. The van der Waals surface area contributed by atoms with Crippen LogP contribution in [0.5, 0.6) is 11.5 Å². The summed E-state index contributed by atoms with van der Waals surface area (Å²) in [4.78, 5) is 11.1. The number of carbonyl (C=O) groups is 1. The first-order valence-electron chi connectivity index (χ1n) is 5.16. The summed E-state index contributed by atoms with van der Waals surface area (Å²) in [7, 11) is 0. The summed E-state index contributed by atoms with van der Waals surface area (Å²) in [5.41, 5.74) is 6.08. The number of carboxylic acid groups (broad SMARTS) is 1. The van der Waals surface area contributed by atoms with Gasteiger partial charge >= 0.3 is 5.97 Å². The van der Waals surface area contributed by atoms with Gasteiger partial charge in [-0.1, -0.05) is 6.07 Å². The van der Waals surface area contributed by atoms with E-state index in [2.05, 4.69) is 15.9 Å². The molecule has 0 amide bonds. The van der Waals surface area contributed by atoms with Gasteiger partial charge in [0.1, 0.15) is 13.2 Å². The lowest BCUT2D eigenvalue weighted by Crippen LogP contribution is -2.22. The van der Waals surface area contributed by atoms with E-state index in [1.165, 1.54) is 0 Å². The quantitative estimate of drug-likeness (QED) is 0.880. The molecule has 2 rings (SSSR count). The molecule has 0 saturated carbocycles. The molecule has 0 fully saturated rings. The summed E-state index contributed by atoms with van der Waals surface area (Å²) < 4.78 is 11.5. The predicted octanol–water partition coefficient (Wildman–Crippen LogP) is 1.35. The molecule has 0 radical (unpaired) electrons. The third-order valence-corrected chi connectivity index (χ3v) is 3.41. The number of halogens is 1. The number of nitrogens with two attached hydrogens (primary N) is 1. The molecule has 0 spiro atoms. The minimum atomic E-state index is -0.954. The van der Waals surface area contributed by atoms with Crippen LogP contribution in [0.3, 0.4) is 0 Å². The van der Waals surface area contributed by atoms with E-state index in [1.807, 2.05) is 0 Å². The minimum Gasteiger partial charge on any atom is -0.486 e. The molecule has 17 heavy (non-hydrogen) atoms. The van der Waals surface area contributed by atoms with Crippen molar-refractivity contribution in [2.24, 2.45) is 5.73 Å². The van der Waals surface area contributed by atoms with E-state index in [0.717, 1.165) is 0 Å². The summed E-state index contributed by atoms with van der Waals surface area (Å²) >= 11 is 3.35. The monoisotopic (exact) mass is 301 g/mol. The summed E-state index contributed by atoms with van der Waals surface area (Å²) in [5, 5.41) is 9.08. The fourth-order valence-corrected chi connectivity index (χ4v) is 2.45. The molecule has 1 aromatic rings. The van der Waals surface area contributed by atoms with E-state index >= 15 is 0 Å². The largest absolute Gasteiger partial charge is 0.486 e. The number of fused-ring (bicyclic) bond motifs is 1. The van der Waals surface area contributed by atoms with E-state index in [-0.39, 0.29) is 6.54 Å². The Balaban J connectivity index is 2.45. The highest BCUT2D eigenvalue weighted by Gasteiger charge is 2.25. The van der Waals surface area contributed by atoms with Gasteiger partial charge in [0, 0.05) is 6.54 Å². The van der Waals surface area contributed by atoms with Gasteiger partial charge in [0.2, 0.25) is 0 Å². The topological polar surface area (TPSA) is 81.8 Å². The maximum absolute atomic E-state index is 11.1. The van der Waals surface area contributed by atoms with Crippen molar-refractivity contribution in [3.05, 3.63) is 22.2 Å². The lowest BCUT2D eigenvalue weighted by atomic mass is 9.99. The summed E-state index contributed by atoms with van der Waals surface area (Å²) in [6.45, 7) is 0.987. The second-order valence-corrected chi connectivity index (χ2v) is 4.41. The normalized spacial score (nSPS) is 15.4. The molecule has 1 aliphatic rings. The molecule has 6 heteroatoms. The number of aliphatic carboxylic acids is 1. The van der Waals surface area contributed by atoms with Crippen molar-refractivity contribution in [1.29, 1.82) is 0 Å². The highest BCUT2D eigenvalue weighted by Crippen LogP contribution is 2.41. The lowest BCUT2D eigenvalue weighted by Gasteiger charge is -2.22. The van der Waals surface area contributed by atoms with E-state index < -0.39 is 11.9 Å². The summed E-state index contributed by atoms with van der Waals surface area (Å²) in [6.07, 6.45) is 0. The number of hydrogen-bond acceptors (Lipinski definition) is 4. The van der Waals surface area contributed by atoms with Crippen LogP contribution in [0.1, 0.15) is 11.5 Å². The zero-order valence-corrected chi connectivity index (χ0v) is 10.6. The average Bonchev–Trinajstić information content (AvgIpc) is 2.33. The Labute approximate surface area is 107 Å². The van der Waals surface area contributed by atoms with Crippen LogP contribution in [0.4, 0.5) is 0 Å². The van der Waals surface area contributed by atoms with Gasteiger partial charge in [-0.2, -0.15) is 0 Å². The number of rotatable bonds is 3. The van der Waals surface area contributed by atoms with E-state index in [9.17, 15) is 4.79 Å². The summed E-state index contributed by atoms with van der Waals surface area (Å²) in [6, 6.07) is 3.41. The third-order valence-electron chi connectivity index (χ3n) is 2.59. The van der Waals surface area contributed by atoms with Crippen molar-refractivity contribution < 1.29 is 19.4 Å². The van der Waals surface area contributed by atoms with Crippen LogP contribution in [0.2, 0.25) is 0 Å². The van der Waals surface area contributed by atoms with E-state index in [4.69, 9.17) is 20.3 Å². The number of benzene rings is 1. The molecule has 5 nitrogen and oxygen atoms in total. The first-order chi connectivity index (χ1) is 8.15. The Hall–Kier alpha value is -1.27. The third kappa shape index (κ3) is 2.23. The molecule has 1 aliphatic heterocycles. The standard InChI is InChI=1S/C11H12BrNO4/c12-9-6(7(5-13)11(14)15)1-2-8-10(9)17-4-3-16-8/h1-2,7H,3-5,13H2,(H,14,15). The van der Waals surface area contributed by atoms with Gasteiger partial charge in [0.25, 0.3) is 0 Å². The van der Waals surface area contributed by atoms with E-state index in [1.54, 1.807) is 12.1 Å². The Morgan fingerprint density at radius 2 is 2.18 bits per heavy atom. The van der Waals surface area contributed by atoms with Gasteiger partial charge in [-0.3, -0.25) is 4.79 Å². The molecule has 3 N–H and O–H groups in total. The van der Waals surface area contributed by atoms with Gasteiger partial charge < -0.3 is 20.3 Å². The number of carboxylic acids is 1. The van der Waals surface area contributed by atoms with Crippen LogP contribution in [0.25, 0.3) is 0 Å². The minimum absolute atomic E-state index is 0.0353. The second kappa shape index (κ2) is 4.93. The molecule has 0 aliphatic carbocycles. The zero-order valence-electron chi connectivity index (χ0n) is 8.98. The average molecular weight is 302 g/mol. The molecule has 1 heterocycles. The van der Waals surface area contributed by atoms with Crippen LogP contribution < -0.4 is 15.2 Å². The lowest BCUT2D eigenvalue weighted by molar-refractivity contribution is -0.138. The highest BCUT2D eigenvalue weighted by molar-refractivity contribution is 9.10. The molecule has 0 bridgehead atoms. The number of hydrogen-bond donors (Lipinski definition) is 2. The van der Waals surface area contributed by atoms with Gasteiger partial charge in [-0.15, -0.1) is 0 Å². The fourth-order valence-electron chi connectivity index (χ4n) is 1.73. The maximum Gasteiger partial charge on any atom is 0.312 e. The predicted molar refractivity (Wildman–Crippen MR) is 64.6 cm³/mol. The second-order valence-electron chi connectivity index (χ2n) is 3.62. The summed E-state index contributed by atoms with van der Waals surface area (Å²) in [5.74, 6) is -0.536. The fraction of sp³-hybridized carbons (Fsp3) is 0.364. The Bertz CT molecular complexity index is 449. The van der Waals surface area contributed by atoms with Crippen molar-refractivity contribution in [2.75, 3.05) is 19.8 Å².